The Morgan fingerprint density at radius 2 is 1.40 bits per heavy atom. The van der Waals surface area contributed by atoms with Gasteiger partial charge in [0.15, 0.2) is 5.78 Å². The number of ketones is 1. The van der Waals surface area contributed by atoms with E-state index in [-0.39, 0.29) is 36.5 Å². The minimum atomic E-state index is -0.934. The van der Waals surface area contributed by atoms with E-state index >= 15 is 0 Å². The van der Waals surface area contributed by atoms with Crippen molar-refractivity contribution in [3.8, 4) is 0 Å². The van der Waals surface area contributed by atoms with Crippen LogP contribution in [0.5, 0.6) is 0 Å². The van der Waals surface area contributed by atoms with Gasteiger partial charge in [-0.2, -0.15) is 0 Å². The molecule has 4 atom stereocenters. The molecular weight excluding hydrogens is 512 g/mol. The SMILES string of the molecule is CC(C)C[C@H](NC(=O)CN1CCOCC1)C(=O)N[C@@H](Cc1ccccc1)C(=O)N[C@@H](CC(C)C)C(=O)[C@@]1(C)CO1. The van der Waals surface area contributed by atoms with Gasteiger partial charge in [0.1, 0.15) is 17.7 Å². The van der Waals surface area contributed by atoms with Gasteiger partial charge in [0.2, 0.25) is 17.7 Å². The average molecular weight is 559 g/mol. The van der Waals surface area contributed by atoms with E-state index in [0.29, 0.717) is 45.8 Å². The summed E-state index contributed by atoms with van der Waals surface area (Å²) in [5.74, 6) is -0.976. The summed E-state index contributed by atoms with van der Waals surface area (Å²) < 4.78 is 10.7. The van der Waals surface area contributed by atoms with Crippen LogP contribution in [0.3, 0.4) is 0 Å². The van der Waals surface area contributed by atoms with Crippen molar-refractivity contribution in [1.82, 2.24) is 20.9 Å². The van der Waals surface area contributed by atoms with Gasteiger partial charge in [0, 0.05) is 19.5 Å². The fraction of sp³-hybridized carbons (Fsp3) is 0.667. The van der Waals surface area contributed by atoms with Crippen LogP contribution in [0.15, 0.2) is 30.3 Å². The largest absolute Gasteiger partial charge is 0.379 e. The molecule has 1 aromatic carbocycles. The number of amides is 3. The third-order valence-corrected chi connectivity index (χ3v) is 7.18. The van der Waals surface area contributed by atoms with E-state index < -0.39 is 35.5 Å². The quantitative estimate of drug-likeness (QED) is 0.278. The van der Waals surface area contributed by atoms with Crippen molar-refractivity contribution in [2.45, 2.75) is 77.6 Å². The summed E-state index contributed by atoms with van der Waals surface area (Å²) >= 11 is 0. The molecule has 0 bridgehead atoms. The first-order chi connectivity index (χ1) is 19.0. The first-order valence-corrected chi connectivity index (χ1v) is 14.4. The molecule has 2 aliphatic rings. The molecule has 3 amide bonds. The molecular formula is C30H46N4O6. The Morgan fingerprint density at radius 3 is 1.98 bits per heavy atom. The normalized spacial score (nSPS) is 21.4. The van der Waals surface area contributed by atoms with Crippen molar-refractivity contribution in [2.75, 3.05) is 39.5 Å². The summed E-state index contributed by atoms with van der Waals surface area (Å²) in [6, 6.07) is 6.94. The molecule has 0 aliphatic carbocycles. The zero-order chi connectivity index (χ0) is 29.3. The highest BCUT2D eigenvalue weighted by molar-refractivity contribution is 5.98. The zero-order valence-electron chi connectivity index (χ0n) is 24.5. The van der Waals surface area contributed by atoms with Crippen LogP contribution in [0.4, 0.5) is 0 Å². The van der Waals surface area contributed by atoms with Gasteiger partial charge in [0.25, 0.3) is 0 Å². The second-order valence-electron chi connectivity index (χ2n) is 12.0. The summed E-state index contributed by atoms with van der Waals surface area (Å²) in [5, 5.41) is 8.68. The first kappa shape index (κ1) is 31.7. The van der Waals surface area contributed by atoms with E-state index in [1.807, 2.05) is 62.9 Å². The molecule has 2 saturated heterocycles. The van der Waals surface area contributed by atoms with Crippen LogP contribution in [0, 0.1) is 11.8 Å². The maximum absolute atomic E-state index is 13.6. The van der Waals surface area contributed by atoms with Crippen molar-refractivity contribution >= 4 is 23.5 Å². The van der Waals surface area contributed by atoms with Crippen molar-refractivity contribution in [1.29, 1.82) is 0 Å². The lowest BCUT2D eigenvalue weighted by Crippen LogP contribution is -2.58. The van der Waals surface area contributed by atoms with Gasteiger partial charge in [0.05, 0.1) is 32.4 Å². The van der Waals surface area contributed by atoms with Crippen LogP contribution in [0.1, 0.15) is 53.0 Å². The molecule has 10 nitrogen and oxygen atoms in total. The number of Topliss-reactive ketones (excluding diaryl/α,β-unsaturated/α-hetero) is 1. The number of rotatable bonds is 15. The van der Waals surface area contributed by atoms with E-state index in [0.717, 1.165) is 5.56 Å². The van der Waals surface area contributed by atoms with Crippen LogP contribution >= 0.6 is 0 Å². The number of nitrogens with one attached hydrogen (secondary N) is 3. The molecule has 3 N–H and O–H groups in total. The predicted molar refractivity (Wildman–Crippen MR) is 151 cm³/mol. The molecule has 0 aromatic heterocycles. The summed E-state index contributed by atoms with van der Waals surface area (Å²) in [7, 11) is 0. The predicted octanol–water partition coefficient (Wildman–Crippen LogP) is 1.47. The molecule has 40 heavy (non-hydrogen) atoms. The Hall–Kier alpha value is -2.82. The highest BCUT2D eigenvalue weighted by atomic mass is 16.6. The van der Waals surface area contributed by atoms with Gasteiger partial charge >= 0.3 is 0 Å². The lowest BCUT2D eigenvalue weighted by atomic mass is 9.93. The Kier molecular flexibility index (Phi) is 11.7. The average Bonchev–Trinajstić information content (AvgIpc) is 3.66. The number of carbonyl (C=O) groups excluding carboxylic acids is 4. The monoisotopic (exact) mass is 558 g/mol. The van der Waals surface area contributed by atoms with Gasteiger partial charge < -0.3 is 25.4 Å². The van der Waals surface area contributed by atoms with Crippen LogP contribution in [-0.4, -0.2) is 91.6 Å². The highest BCUT2D eigenvalue weighted by Crippen LogP contribution is 2.29. The van der Waals surface area contributed by atoms with Crippen molar-refractivity contribution < 1.29 is 28.7 Å². The Bertz CT molecular complexity index is 1000. The second kappa shape index (κ2) is 14.7. The number of epoxide rings is 1. The number of hydrogen-bond acceptors (Lipinski definition) is 7. The molecule has 1 aromatic rings. The molecule has 2 fully saturated rings. The summed E-state index contributed by atoms with van der Waals surface area (Å²) in [5.41, 5.74) is -0.0121. The van der Waals surface area contributed by atoms with Gasteiger partial charge in [-0.3, -0.25) is 24.1 Å². The number of morpholine rings is 1. The summed E-state index contributed by atoms with van der Waals surface area (Å²) in [4.78, 5) is 55.1. The van der Waals surface area contributed by atoms with Gasteiger partial charge in [-0.05, 0) is 37.2 Å². The minimum Gasteiger partial charge on any atom is -0.379 e. The Morgan fingerprint density at radius 1 is 0.850 bits per heavy atom. The Labute approximate surface area is 237 Å². The van der Waals surface area contributed by atoms with Crippen molar-refractivity contribution in [3.63, 3.8) is 0 Å². The van der Waals surface area contributed by atoms with Gasteiger partial charge in [-0.1, -0.05) is 58.0 Å². The number of benzene rings is 1. The van der Waals surface area contributed by atoms with Crippen LogP contribution in [0.2, 0.25) is 0 Å². The lowest BCUT2D eigenvalue weighted by molar-refractivity contribution is -0.134. The van der Waals surface area contributed by atoms with E-state index in [1.54, 1.807) is 6.92 Å². The van der Waals surface area contributed by atoms with E-state index in [2.05, 4.69) is 16.0 Å². The van der Waals surface area contributed by atoms with Crippen molar-refractivity contribution in [2.24, 2.45) is 11.8 Å². The standard InChI is InChI=1S/C30H46N4O6/c1-20(2)15-23(27(36)30(5)19-40-30)32-29(38)25(17-22-9-7-6-8-10-22)33-28(37)24(16-21(3)4)31-26(35)18-34-11-13-39-14-12-34/h6-10,20-21,23-25H,11-19H2,1-5H3,(H,31,35)(H,32,38)(H,33,37)/t23-,24-,25-,30+/m0/s1. The number of hydrogen-bond donors (Lipinski definition) is 3. The molecule has 2 heterocycles. The molecule has 222 valence electrons. The smallest absolute Gasteiger partial charge is 0.243 e. The van der Waals surface area contributed by atoms with Gasteiger partial charge in [-0.15, -0.1) is 0 Å². The first-order valence-electron chi connectivity index (χ1n) is 14.4. The third kappa shape index (κ3) is 9.98. The molecule has 0 spiro atoms. The molecule has 0 saturated carbocycles. The van der Waals surface area contributed by atoms with E-state index in [4.69, 9.17) is 9.47 Å². The summed E-state index contributed by atoms with van der Waals surface area (Å²) in [6.45, 7) is 12.6. The zero-order valence-corrected chi connectivity index (χ0v) is 24.5. The van der Waals surface area contributed by atoms with Crippen LogP contribution < -0.4 is 16.0 Å². The maximum Gasteiger partial charge on any atom is 0.243 e. The molecule has 0 unspecified atom stereocenters. The van der Waals surface area contributed by atoms with Crippen LogP contribution in [-0.2, 0) is 35.1 Å². The van der Waals surface area contributed by atoms with Gasteiger partial charge in [-0.25, -0.2) is 0 Å². The van der Waals surface area contributed by atoms with E-state index in [9.17, 15) is 19.2 Å². The topological polar surface area (TPSA) is 129 Å². The maximum atomic E-state index is 13.6. The molecule has 3 rings (SSSR count). The summed E-state index contributed by atoms with van der Waals surface area (Å²) in [6.07, 6.45) is 1.12. The number of ether oxygens (including phenoxy) is 2. The fourth-order valence-corrected chi connectivity index (χ4v) is 4.83. The van der Waals surface area contributed by atoms with Crippen LogP contribution in [0.25, 0.3) is 0 Å². The molecule has 10 heteroatoms. The lowest BCUT2D eigenvalue weighted by Gasteiger charge is -2.28. The third-order valence-electron chi connectivity index (χ3n) is 7.18. The second-order valence-corrected chi connectivity index (χ2v) is 12.0. The van der Waals surface area contributed by atoms with Crippen molar-refractivity contribution in [3.05, 3.63) is 35.9 Å². The molecule has 0 radical (unpaired) electrons. The minimum absolute atomic E-state index is 0.133. The molecule has 2 aliphatic heterocycles. The highest BCUT2D eigenvalue weighted by Gasteiger charge is 2.50. The van der Waals surface area contributed by atoms with E-state index in [1.165, 1.54) is 0 Å². The number of carbonyl (C=O) groups is 4. The fourth-order valence-electron chi connectivity index (χ4n) is 4.83. The Balaban J connectivity index is 1.74. The number of nitrogens with zero attached hydrogens (tertiary/aromatic N) is 1.